The number of hydrogen-bond donors (Lipinski definition) is 0. The van der Waals surface area contributed by atoms with Crippen LogP contribution in [0.1, 0.15) is 61.9 Å². The Morgan fingerprint density at radius 1 is 1.19 bits per heavy atom. The number of aryl methyl sites for hydroxylation is 1. The first-order chi connectivity index (χ1) is 9.59. The molecule has 2 unspecified atom stereocenters. The van der Waals surface area contributed by atoms with Crippen molar-refractivity contribution >= 4 is 18.2 Å². The van der Waals surface area contributed by atoms with Crippen molar-refractivity contribution in [2.45, 2.75) is 65.0 Å². The first-order valence-electron chi connectivity index (χ1n) is 7.94. The van der Waals surface area contributed by atoms with Crippen molar-refractivity contribution in [3.8, 4) is 0 Å². The minimum atomic E-state index is 0. The van der Waals surface area contributed by atoms with Gasteiger partial charge in [-0.15, -0.1) is 12.4 Å². The monoisotopic (exact) mass is 309 g/mol. The van der Waals surface area contributed by atoms with Crippen molar-refractivity contribution in [2.75, 3.05) is 6.54 Å². The fourth-order valence-electron chi connectivity index (χ4n) is 3.36. The molecule has 0 amide bonds. The van der Waals surface area contributed by atoms with E-state index in [0.29, 0.717) is 24.3 Å². The van der Waals surface area contributed by atoms with Gasteiger partial charge >= 0.3 is 0 Å². The van der Waals surface area contributed by atoms with Crippen LogP contribution < -0.4 is 0 Å². The molecule has 1 aromatic rings. The Hall–Kier alpha value is -0.860. The summed E-state index contributed by atoms with van der Waals surface area (Å²) in [7, 11) is 0. The molecule has 0 radical (unpaired) electrons. The normalized spacial score (nSPS) is 22.6. The second-order valence-corrected chi connectivity index (χ2v) is 6.21. The number of piperidine rings is 1. The second kappa shape index (κ2) is 8.55. The molecule has 0 spiro atoms. The topological polar surface area (TPSA) is 20.3 Å². The van der Waals surface area contributed by atoms with E-state index in [1.165, 1.54) is 19.3 Å². The van der Waals surface area contributed by atoms with E-state index >= 15 is 0 Å². The minimum Gasteiger partial charge on any atom is -0.298 e. The fourth-order valence-corrected chi connectivity index (χ4v) is 3.36. The molecule has 0 N–H and O–H groups in total. The maximum atomic E-state index is 12.3. The maximum Gasteiger partial charge on any atom is 0.163 e. The summed E-state index contributed by atoms with van der Waals surface area (Å²) in [6.07, 6.45) is 5.59. The summed E-state index contributed by atoms with van der Waals surface area (Å²) in [5.41, 5.74) is 1.99. The number of likely N-dealkylation sites (tertiary alicyclic amines) is 1. The molecule has 2 rings (SSSR count). The highest BCUT2D eigenvalue weighted by Crippen LogP contribution is 2.23. The zero-order valence-electron chi connectivity index (χ0n) is 13.5. The van der Waals surface area contributed by atoms with Crippen LogP contribution in [0.5, 0.6) is 0 Å². The average molecular weight is 310 g/mol. The van der Waals surface area contributed by atoms with Crippen LogP contribution in [0.4, 0.5) is 0 Å². The number of nitrogens with zero attached hydrogens (tertiary/aromatic N) is 1. The first kappa shape index (κ1) is 18.2. The molecule has 1 aromatic carbocycles. The predicted molar refractivity (Wildman–Crippen MR) is 91.5 cm³/mol. The van der Waals surface area contributed by atoms with E-state index in [4.69, 9.17) is 0 Å². The van der Waals surface area contributed by atoms with Gasteiger partial charge in [0.1, 0.15) is 0 Å². The first-order valence-corrected chi connectivity index (χ1v) is 7.94. The predicted octanol–water partition coefficient (Wildman–Crippen LogP) is 4.64. The lowest BCUT2D eigenvalue weighted by molar-refractivity contribution is 0.0900. The van der Waals surface area contributed by atoms with Crippen LogP contribution in [-0.2, 0) is 0 Å². The van der Waals surface area contributed by atoms with Gasteiger partial charge in [-0.2, -0.15) is 0 Å². The van der Waals surface area contributed by atoms with Crippen LogP contribution in [0, 0.1) is 6.92 Å². The summed E-state index contributed by atoms with van der Waals surface area (Å²) in [5, 5.41) is 0. The molecule has 0 saturated carbocycles. The molecule has 0 aromatic heterocycles. The van der Waals surface area contributed by atoms with Gasteiger partial charge in [-0.25, -0.2) is 0 Å². The molecular weight excluding hydrogens is 282 g/mol. The molecule has 1 aliphatic rings. The SMILES string of the molecule is Cc1ccccc1C(=O)CCCN1C(C)CCCC1C.Cl. The number of ketones is 1. The van der Waals surface area contributed by atoms with Crippen LogP contribution >= 0.6 is 12.4 Å². The third-order valence-electron chi connectivity index (χ3n) is 4.64. The molecule has 1 fully saturated rings. The Bertz CT molecular complexity index is 450. The van der Waals surface area contributed by atoms with Gasteiger partial charge in [0.15, 0.2) is 5.78 Å². The average Bonchev–Trinajstić information content (AvgIpc) is 2.42. The summed E-state index contributed by atoms with van der Waals surface area (Å²) in [5.74, 6) is 0.292. The molecule has 0 aliphatic carbocycles. The van der Waals surface area contributed by atoms with Crippen LogP contribution in [0.15, 0.2) is 24.3 Å². The largest absolute Gasteiger partial charge is 0.298 e. The van der Waals surface area contributed by atoms with Gasteiger partial charge in [-0.1, -0.05) is 30.7 Å². The molecule has 1 aliphatic heterocycles. The molecule has 1 heterocycles. The molecule has 1 saturated heterocycles. The van der Waals surface area contributed by atoms with E-state index in [1.807, 2.05) is 31.2 Å². The van der Waals surface area contributed by atoms with Crippen molar-refractivity contribution in [1.29, 1.82) is 0 Å². The lowest BCUT2D eigenvalue weighted by Gasteiger charge is -2.39. The minimum absolute atomic E-state index is 0. The Labute approximate surface area is 135 Å². The van der Waals surface area contributed by atoms with E-state index in [0.717, 1.165) is 24.1 Å². The summed E-state index contributed by atoms with van der Waals surface area (Å²) in [6.45, 7) is 7.71. The van der Waals surface area contributed by atoms with Gasteiger partial charge in [0.05, 0.1) is 0 Å². The number of halogens is 1. The van der Waals surface area contributed by atoms with Crippen LogP contribution in [-0.4, -0.2) is 29.3 Å². The van der Waals surface area contributed by atoms with E-state index < -0.39 is 0 Å². The summed E-state index contributed by atoms with van der Waals surface area (Å²) >= 11 is 0. The zero-order valence-corrected chi connectivity index (χ0v) is 14.3. The Balaban J connectivity index is 0.00000220. The Kier molecular flexibility index (Phi) is 7.41. The highest BCUT2D eigenvalue weighted by atomic mass is 35.5. The lowest BCUT2D eigenvalue weighted by Crippen LogP contribution is -2.44. The molecule has 118 valence electrons. The number of carbonyl (C=O) groups is 1. The van der Waals surface area contributed by atoms with Crippen LogP contribution in [0.2, 0.25) is 0 Å². The quantitative estimate of drug-likeness (QED) is 0.738. The Morgan fingerprint density at radius 3 is 2.43 bits per heavy atom. The van der Waals surface area contributed by atoms with Crippen molar-refractivity contribution in [1.82, 2.24) is 4.90 Å². The zero-order chi connectivity index (χ0) is 14.5. The van der Waals surface area contributed by atoms with Crippen molar-refractivity contribution in [3.05, 3.63) is 35.4 Å². The highest BCUT2D eigenvalue weighted by molar-refractivity contribution is 5.97. The van der Waals surface area contributed by atoms with E-state index in [-0.39, 0.29) is 12.4 Å². The summed E-state index contributed by atoms with van der Waals surface area (Å²) < 4.78 is 0. The van der Waals surface area contributed by atoms with Gasteiger partial charge in [-0.3, -0.25) is 9.69 Å². The number of Topliss-reactive ketones (excluding diaryl/α,β-unsaturated/α-hetero) is 1. The van der Waals surface area contributed by atoms with Gasteiger partial charge in [-0.05, 0) is 52.1 Å². The standard InChI is InChI=1S/C18H27NO.ClH/c1-14-8-4-5-11-17(14)18(20)12-7-13-19-15(2)9-6-10-16(19)3;/h4-5,8,11,15-16H,6-7,9-10,12-13H2,1-3H3;1H. The van der Waals surface area contributed by atoms with Crippen molar-refractivity contribution < 1.29 is 4.79 Å². The van der Waals surface area contributed by atoms with E-state index in [2.05, 4.69) is 18.7 Å². The number of rotatable bonds is 5. The maximum absolute atomic E-state index is 12.3. The number of carbonyl (C=O) groups excluding carboxylic acids is 1. The van der Waals surface area contributed by atoms with Crippen molar-refractivity contribution in [3.63, 3.8) is 0 Å². The van der Waals surface area contributed by atoms with Gasteiger partial charge in [0, 0.05) is 24.1 Å². The molecule has 2 nitrogen and oxygen atoms in total. The summed E-state index contributed by atoms with van der Waals surface area (Å²) in [4.78, 5) is 14.8. The number of benzene rings is 1. The van der Waals surface area contributed by atoms with Gasteiger partial charge < -0.3 is 0 Å². The highest BCUT2D eigenvalue weighted by Gasteiger charge is 2.24. The molecule has 3 heteroatoms. The number of hydrogen-bond acceptors (Lipinski definition) is 2. The Morgan fingerprint density at radius 2 is 1.81 bits per heavy atom. The van der Waals surface area contributed by atoms with Gasteiger partial charge in [0.25, 0.3) is 0 Å². The smallest absolute Gasteiger partial charge is 0.163 e. The third-order valence-corrected chi connectivity index (χ3v) is 4.64. The van der Waals surface area contributed by atoms with Crippen LogP contribution in [0.25, 0.3) is 0 Å². The molecule has 0 bridgehead atoms. The molecule has 21 heavy (non-hydrogen) atoms. The van der Waals surface area contributed by atoms with Crippen molar-refractivity contribution in [2.24, 2.45) is 0 Å². The van der Waals surface area contributed by atoms with E-state index in [9.17, 15) is 4.79 Å². The third kappa shape index (κ3) is 4.82. The fraction of sp³-hybridized carbons (Fsp3) is 0.611. The second-order valence-electron chi connectivity index (χ2n) is 6.21. The molecule has 2 atom stereocenters. The van der Waals surface area contributed by atoms with Gasteiger partial charge in [0.2, 0.25) is 0 Å². The lowest BCUT2D eigenvalue weighted by atomic mass is 9.96. The molecular formula is C18H28ClNO. The van der Waals surface area contributed by atoms with E-state index in [1.54, 1.807) is 0 Å². The van der Waals surface area contributed by atoms with Crippen LogP contribution in [0.3, 0.4) is 0 Å². The summed E-state index contributed by atoms with van der Waals surface area (Å²) in [6, 6.07) is 9.25.